The SMILES string of the molecule is Cc1cc(-c2cccc(-c3cccc(-c4cc5c6ccccc6n6c7ccccc7c(c4)c56)c3)c2)c2cccnc2n1. The predicted octanol–water partition coefficient (Wildman–Crippen LogP) is 10.1. The Balaban J connectivity index is 1.22. The lowest BCUT2D eigenvalue weighted by atomic mass is 9.94. The fourth-order valence-corrected chi connectivity index (χ4v) is 6.78. The quantitative estimate of drug-likeness (QED) is 0.225. The van der Waals surface area contributed by atoms with Crippen LogP contribution >= 0.6 is 0 Å². The molecule has 0 atom stereocenters. The van der Waals surface area contributed by atoms with Gasteiger partial charge in [-0.05, 0) is 94.9 Å². The zero-order chi connectivity index (χ0) is 27.8. The number of hydrogen-bond acceptors (Lipinski definition) is 2. The summed E-state index contributed by atoms with van der Waals surface area (Å²) in [6.45, 7) is 2.03. The maximum atomic E-state index is 4.64. The van der Waals surface area contributed by atoms with Gasteiger partial charge < -0.3 is 4.40 Å². The molecule has 42 heavy (non-hydrogen) atoms. The van der Waals surface area contributed by atoms with Crippen LogP contribution < -0.4 is 0 Å². The van der Waals surface area contributed by atoms with E-state index in [4.69, 9.17) is 0 Å². The first-order valence-electron chi connectivity index (χ1n) is 14.3. The number of aryl methyl sites for hydroxylation is 1. The molecule has 196 valence electrons. The number of nitrogens with zero attached hydrogens (tertiary/aromatic N) is 3. The maximum Gasteiger partial charge on any atom is 0.159 e. The van der Waals surface area contributed by atoms with Crippen molar-refractivity contribution in [2.75, 3.05) is 0 Å². The van der Waals surface area contributed by atoms with E-state index >= 15 is 0 Å². The molecule has 3 nitrogen and oxygen atoms in total. The van der Waals surface area contributed by atoms with Crippen LogP contribution in [0.25, 0.3) is 82.5 Å². The number of pyridine rings is 2. The van der Waals surface area contributed by atoms with Gasteiger partial charge in [0.05, 0.1) is 16.6 Å². The fraction of sp³-hybridized carbons (Fsp3) is 0.0256. The molecule has 0 fully saturated rings. The largest absolute Gasteiger partial charge is 0.308 e. The van der Waals surface area contributed by atoms with Crippen LogP contribution in [0.15, 0.2) is 134 Å². The first-order chi connectivity index (χ1) is 20.7. The van der Waals surface area contributed by atoms with Crippen LogP contribution in [0.4, 0.5) is 0 Å². The molecule has 0 radical (unpaired) electrons. The third-order valence-electron chi connectivity index (χ3n) is 8.62. The zero-order valence-electron chi connectivity index (χ0n) is 23.0. The smallest absolute Gasteiger partial charge is 0.159 e. The first-order valence-corrected chi connectivity index (χ1v) is 14.3. The lowest BCUT2D eigenvalue weighted by molar-refractivity contribution is 1.20. The van der Waals surface area contributed by atoms with Gasteiger partial charge in [0, 0.05) is 38.8 Å². The molecule has 5 aromatic carbocycles. The standard InChI is InChI=1S/C39H25N3/c1-24-19-33(32-15-8-18-40-39(32)41-24)28-12-7-10-26(21-28)25-9-6-11-27(20-25)29-22-34-30-13-2-4-16-36(30)42-37-17-5-3-14-31(37)35(23-29)38(34)42/h2-23H,1H3. The van der Waals surface area contributed by atoms with Crippen molar-refractivity contribution in [3.8, 4) is 33.4 Å². The van der Waals surface area contributed by atoms with Crippen molar-refractivity contribution in [2.45, 2.75) is 6.92 Å². The maximum absolute atomic E-state index is 4.64. The van der Waals surface area contributed by atoms with Crippen molar-refractivity contribution >= 4 is 49.1 Å². The summed E-state index contributed by atoms with van der Waals surface area (Å²) < 4.78 is 2.43. The van der Waals surface area contributed by atoms with E-state index in [2.05, 4.69) is 136 Å². The van der Waals surface area contributed by atoms with Crippen LogP contribution in [-0.2, 0) is 0 Å². The van der Waals surface area contributed by atoms with E-state index in [1.54, 1.807) is 6.20 Å². The minimum absolute atomic E-state index is 0.784. The summed E-state index contributed by atoms with van der Waals surface area (Å²) in [6, 6.07) is 46.2. The van der Waals surface area contributed by atoms with Crippen LogP contribution in [0, 0.1) is 6.92 Å². The highest BCUT2D eigenvalue weighted by Crippen LogP contribution is 2.42. The van der Waals surface area contributed by atoms with Crippen molar-refractivity contribution in [1.29, 1.82) is 0 Å². The monoisotopic (exact) mass is 535 g/mol. The number of aromatic nitrogens is 3. The second-order valence-corrected chi connectivity index (χ2v) is 11.1. The minimum atomic E-state index is 0.784. The number of benzene rings is 5. The summed E-state index contributed by atoms with van der Waals surface area (Å²) in [6.07, 6.45) is 1.81. The molecule has 4 heterocycles. The van der Waals surface area contributed by atoms with Gasteiger partial charge in [0.1, 0.15) is 0 Å². The molecule has 0 unspecified atom stereocenters. The van der Waals surface area contributed by atoms with Crippen LogP contribution in [0.3, 0.4) is 0 Å². The van der Waals surface area contributed by atoms with E-state index in [1.165, 1.54) is 65.9 Å². The van der Waals surface area contributed by atoms with Gasteiger partial charge in [-0.25, -0.2) is 9.97 Å². The summed E-state index contributed by atoms with van der Waals surface area (Å²) in [5.41, 5.74) is 12.7. The summed E-state index contributed by atoms with van der Waals surface area (Å²) in [7, 11) is 0. The molecule has 0 aliphatic heterocycles. The Morgan fingerprint density at radius 3 is 1.74 bits per heavy atom. The molecule has 0 amide bonds. The molecule has 0 saturated heterocycles. The topological polar surface area (TPSA) is 30.2 Å². The summed E-state index contributed by atoms with van der Waals surface area (Å²) in [4.78, 5) is 9.15. The Labute approximate surface area is 242 Å². The number of fused-ring (bicyclic) bond motifs is 7. The van der Waals surface area contributed by atoms with Gasteiger partial charge in [-0.3, -0.25) is 0 Å². The molecule has 0 N–H and O–H groups in total. The van der Waals surface area contributed by atoms with E-state index in [-0.39, 0.29) is 0 Å². The van der Waals surface area contributed by atoms with Crippen molar-refractivity contribution in [3.05, 3.63) is 139 Å². The Morgan fingerprint density at radius 2 is 1.05 bits per heavy atom. The van der Waals surface area contributed by atoms with Crippen molar-refractivity contribution < 1.29 is 0 Å². The summed E-state index contributed by atoms with van der Waals surface area (Å²) in [5, 5.41) is 6.26. The second-order valence-electron chi connectivity index (χ2n) is 11.1. The summed E-state index contributed by atoms with van der Waals surface area (Å²) >= 11 is 0. The van der Waals surface area contributed by atoms with Gasteiger partial charge in [0.2, 0.25) is 0 Å². The van der Waals surface area contributed by atoms with Crippen LogP contribution in [-0.4, -0.2) is 14.4 Å². The lowest BCUT2D eigenvalue weighted by Crippen LogP contribution is -1.91. The minimum Gasteiger partial charge on any atom is -0.308 e. The van der Waals surface area contributed by atoms with E-state index in [1.807, 2.05) is 13.0 Å². The zero-order valence-corrected chi connectivity index (χ0v) is 23.0. The van der Waals surface area contributed by atoms with Gasteiger partial charge >= 0.3 is 0 Å². The third-order valence-corrected chi connectivity index (χ3v) is 8.62. The van der Waals surface area contributed by atoms with Gasteiger partial charge in [-0.15, -0.1) is 0 Å². The number of para-hydroxylation sites is 2. The predicted molar refractivity (Wildman–Crippen MR) is 175 cm³/mol. The first kappa shape index (κ1) is 23.2. The number of hydrogen-bond donors (Lipinski definition) is 0. The lowest BCUT2D eigenvalue weighted by Gasteiger charge is -2.11. The van der Waals surface area contributed by atoms with Gasteiger partial charge in [0.15, 0.2) is 5.65 Å². The average Bonchev–Trinajstić information content (AvgIpc) is 3.56. The van der Waals surface area contributed by atoms with E-state index < -0.39 is 0 Å². The highest BCUT2D eigenvalue weighted by molar-refractivity contribution is 6.24. The van der Waals surface area contributed by atoms with Gasteiger partial charge in [0.25, 0.3) is 0 Å². The molecular weight excluding hydrogens is 510 g/mol. The molecule has 9 aromatic rings. The molecule has 0 spiro atoms. The van der Waals surface area contributed by atoms with Crippen LogP contribution in [0.5, 0.6) is 0 Å². The van der Waals surface area contributed by atoms with Crippen LogP contribution in [0.2, 0.25) is 0 Å². The van der Waals surface area contributed by atoms with Crippen molar-refractivity contribution in [1.82, 2.24) is 14.4 Å². The van der Waals surface area contributed by atoms with E-state index in [9.17, 15) is 0 Å². The summed E-state index contributed by atoms with van der Waals surface area (Å²) in [5.74, 6) is 0. The normalized spacial score (nSPS) is 11.9. The molecule has 9 rings (SSSR count). The molecule has 0 aliphatic rings. The molecule has 3 heteroatoms. The van der Waals surface area contributed by atoms with E-state index in [0.29, 0.717) is 0 Å². The fourth-order valence-electron chi connectivity index (χ4n) is 6.78. The highest BCUT2D eigenvalue weighted by atomic mass is 14.9. The molecule has 0 bridgehead atoms. The van der Waals surface area contributed by atoms with Crippen LogP contribution in [0.1, 0.15) is 5.69 Å². The van der Waals surface area contributed by atoms with Gasteiger partial charge in [-0.2, -0.15) is 0 Å². The van der Waals surface area contributed by atoms with Crippen molar-refractivity contribution in [2.24, 2.45) is 0 Å². The third kappa shape index (κ3) is 3.34. The molecular formula is C39H25N3. The number of rotatable bonds is 3. The van der Waals surface area contributed by atoms with Gasteiger partial charge in [-0.1, -0.05) is 72.8 Å². The second kappa shape index (κ2) is 8.73. The van der Waals surface area contributed by atoms with E-state index in [0.717, 1.165) is 22.3 Å². The Kier molecular flexibility index (Phi) is 4.82. The molecule has 0 saturated carbocycles. The van der Waals surface area contributed by atoms with Crippen molar-refractivity contribution in [3.63, 3.8) is 0 Å². The Bertz CT molecular complexity index is 2400. The highest BCUT2D eigenvalue weighted by Gasteiger charge is 2.18. The molecule has 0 aliphatic carbocycles. The average molecular weight is 536 g/mol. The Hall–Kier alpha value is -5.54. The molecule has 4 aromatic heterocycles. The Morgan fingerprint density at radius 1 is 0.476 bits per heavy atom.